The first kappa shape index (κ1) is 18.8. The molecule has 0 fully saturated rings. The lowest BCUT2D eigenvalue weighted by molar-refractivity contribution is 0.269. The number of hydrogen-bond acceptors (Lipinski definition) is 4. The van der Waals surface area contributed by atoms with Crippen molar-refractivity contribution in [3.05, 3.63) is 88.9 Å². The van der Waals surface area contributed by atoms with Crippen LogP contribution in [0.2, 0.25) is 5.02 Å². The summed E-state index contributed by atoms with van der Waals surface area (Å²) in [6.45, 7) is 2.86. The molecule has 0 radical (unpaired) electrons. The van der Waals surface area contributed by atoms with Gasteiger partial charge in [0.25, 0.3) is 0 Å². The van der Waals surface area contributed by atoms with Gasteiger partial charge < -0.3 is 9.47 Å². The van der Waals surface area contributed by atoms with E-state index in [1.807, 2.05) is 79.7 Å². The van der Waals surface area contributed by atoms with E-state index >= 15 is 0 Å². The van der Waals surface area contributed by atoms with Crippen LogP contribution >= 0.6 is 11.6 Å². The van der Waals surface area contributed by atoms with Gasteiger partial charge in [0.1, 0.15) is 6.61 Å². The predicted molar refractivity (Wildman–Crippen MR) is 111 cm³/mol. The molecule has 0 aliphatic heterocycles. The molecule has 3 aromatic carbocycles. The quantitative estimate of drug-likeness (QED) is 0.399. The van der Waals surface area contributed by atoms with Gasteiger partial charge in [-0.15, -0.1) is 0 Å². The lowest BCUT2D eigenvalue weighted by atomic mass is 10.2. The molecule has 3 aromatic rings. The SMILES string of the molecule is CCOc1cc(/C=N\Nc2ccccc2)ccc1OCc1ccccc1Cl. The van der Waals surface area contributed by atoms with E-state index in [1.165, 1.54) is 0 Å². The Morgan fingerprint density at radius 1 is 0.926 bits per heavy atom. The number of nitrogens with zero attached hydrogens (tertiary/aromatic N) is 1. The van der Waals surface area contributed by atoms with Crippen molar-refractivity contribution in [3.8, 4) is 11.5 Å². The zero-order valence-electron chi connectivity index (χ0n) is 15.1. The second-order valence-corrected chi connectivity index (χ2v) is 6.16. The number of rotatable bonds is 8. The third-order valence-electron chi connectivity index (χ3n) is 3.79. The van der Waals surface area contributed by atoms with Crippen LogP contribution in [-0.4, -0.2) is 12.8 Å². The Morgan fingerprint density at radius 3 is 2.48 bits per heavy atom. The highest BCUT2D eigenvalue weighted by molar-refractivity contribution is 6.31. The van der Waals surface area contributed by atoms with E-state index in [-0.39, 0.29) is 0 Å². The summed E-state index contributed by atoms with van der Waals surface area (Å²) in [6.07, 6.45) is 1.74. The summed E-state index contributed by atoms with van der Waals surface area (Å²) in [7, 11) is 0. The molecule has 3 rings (SSSR count). The van der Waals surface area contributed by atoms with E-state index in [0.717, 1.165) is 16.8 Å². The maximum absolute atomic E-state index is 6.19. The van der Waals surface area contributed by atoms with Crippen molar-refractivity contribution < 1.29 is 9.47 Å². The van der Waals surface area contributed by atoms with Gasteiger partial charge in [0.05, 0.1) is 18.5 Å². The highest BCUT2D eigenvalue weighted by Crippen LogP contribution is 2.29. The molecule has 0 aliphatic carbocycles. The Morgan fingerprint density at radius 2 is 1.70 bits per heavy atom. The molecular weight excluding hydrogens is 360 g/mol. The van der Waals surface area contributed by atoms with Crippen LogP contribution in [0.3, 0.4) is 0 Å². The third-order valence-corrected chi connectivity index (χ3v) is 4.16. The fraction of sp³-hybridized carbons (Fsp3) is 0.136. The lowest BCUT2D eigenvalue weighted by Gasteiger charge is -2.13. The van der Waals surface area contributed by atoms with E-state index < -0.39 is 0 Å². The Labute approximate surface area is 164 Å². The van der Waals surface area contributed by atoms with Crippen LogP contribution in [0.25, 0.3) is 0 Å². The van der Waals surface area contributed by atoms with Gasteiger partial charge in [0, 0.05) is 10.6 Å². The Kier molecular flexibility index (Phi) is 6.72. The number of benzene rings is 3. The molecule has 0 unspecified atom stereocenters. The zero-order valence-corrected chi connectivity index (χ0v) is 15.8. The molecule has 4 nitrogen and oxygen atoms in total. The Hall–Kier alpha value is -2.98. The van der Waals surface area contributed by atoms with Crippen LogP contribution in [0.1, 0.15) is 18.1 Å². The summed E-state index contributed by atoms with van der Waals surface area (Å²) in [4.78, 5) is 0. The molecule has 0 saturated carbocycles. The maximum Gasteiger partial charge on any atom is 0.161 e. The van der Waals surface area contributed by atoms with Crippen molar-refractivity contribution in [2.45, 2.75) is 13.5 Å². The standard InChI is InChI=1S/C22H21ClN2O2/c1-2-26-22-14-17(15-24-25-19-9-4-3-5-10-19)12-13-21(22)27-16-18-8-6-7-11-20(18)23/h3-15,25H,2,16H2,1H3/b24-15-. The van der Waals surface area contributed by atoms with Gasteiger partial charge in [-0.1, -0.05) is 48.0 Å². The lowest BCUT2D eigenvalue weighted by Crippen LogP contribution is -2.01. The van der Waals surface area contributed by atoms with Crippen molar-refractivity contribution in [2.24, 2.45) is 5.10 Å². The summed E-state index contributed by atoms with van der Waals surface area (Å²) in [5.41, 5.74) is 5.76. The first-order valence-electron chi connectivity index (χ1n) is 8.73. The molecule has 0 spiro atoms. The van der Waals surface area contributed by atoms with Crippen LogP contribution in [-0.2, 0) is 6.61 Å². The van der Waals surface area contributed by atoms with Crippen LogP contribution in [0.5, 0.6) is 11.5 Å². The number of hydrogen-bond donors (Lipinski definition) is 1. The van der Waals surface area contributed by atoms with E-state index in [2.05, 4.69) is 10.5 Å². The summed E-state index contributed by atoms with van der Waals surface area (Å²) in [6, 6.07) is 23.1. The van der Waals surface area contributed by atoms with Crippen molar-refractivity contribution in [1.29, 1.82) is 0 Å². The number of halogens is 1. The van der Waals surface area contributed by atoms with Gasteiger partial charge in [0.15, 0.2) is 11.5 Å². The van der Waals surface area contributed by atoms with E-state index in [9.17, 15) is 0 Å². The summed E-state index contributed by atoms with van der Waals surface area (Å²) < 4.78 is 11.6. The largest absolute Gasteiger partial charge is 0.490 e. The molecule has 138 valence electrons. The fourth-order valence-corrected chi connectivity index (χ4v) is 2.65. The summed E-state index contributed by atoms with van der Waals surface area (Å²) in [5.74, 6) is 1.35. The summed E-state index contributed by atoms with van der Waals surface area (Å²) >= 11 is 6.19. The maximum atomic E-state index is 6.19. The predicted octanol–water partition coefficient (Wildman–Crippen LogP) is 5.76. The Balaban J connectivity index is 1.69. The molecule has 0 aromatic heterocycles. The van der Waals surface area contributed by atoms with Gasteiger partial charge in [-0.05, 0) is 48.9 Å². The second kappa shape index (κ2) is 9.64. The zero-order chi connectivity index (χ0) is 18.9. The number of nitrogens with one attached hydrogen (secondary N) is 1. The highest BCUT2D eigenvalue weighted by Gasteiger charge is 2.07. The number of ether oxygens (including phenoxy) is 2. The minimum absolute atomic E-state index is 0.378. The minimum Gasteiger partial charge on any atom is -0.490 e. The van der Waals surface area contributed by atoms with Crippen molar-refractivity contribution >= 4 is 23.5 Å². The molecule has 0 bridgehead atoms. The average Bonchev–Trinajstić information content (AvgIpc) is 2.69. The molecule has 0 heterocycles. The molecule has 0 amide bonds. The van der Waals surface area contributed by atoms with E-state index in [0.29, 0.717) is 29.7 Å². The van der Waals surface area contributed by atoms with Crippen LogP contribution in [0.15, 0.2) is 77.9 Å². The average molecular weight is 381 g/mol. The van der Waals surface area contributed by atoms with Crippen LogP contribution < -0.4 is 14.9 Å². The van der Waals surface area contributed by atoms with Crippen molar-refractivity contribution in [1.82, 2.24) is 0 Å². The molecule has 27 heavy (non-hydrogen) atoms. The number of anilines is 1. The summed E-state index contributed by atoms with van der Waals surface area (Å²) in [5, 5.41) is 4.95. The molecule has 5 heteroatoms. The molecule has 0 saturated heterocycles. The Bertz CT molecular complexity index is 898. The first-order chi connectivity index (χ1) is 13.3. The molecule has 1 N–H and O–H groups in total. The topological polar surface area (TPSA) is 42.8 Å². The monoisotopic (exact) mass is 380 g/mol. The van der Waals surface area contributed by atoms with Crippen LogP contribution in [0.4, 0.5) is 5.69 Å². The third kappa shape index (κ3) is 5.50. The van der Waals surface area contributed by atoms with E-state index in [4.69, 9.17) is 21.1 Å². The van der Waals surface area contributed by atoms with Gasteiger partial charge in [0.2, 0.25) is 0 Å². The van der Waals surface area contributed by atoms with E-state index in [1.54, 1.807) is 6.21 Å². The van der Waals surface area contributed by atoms with Gasteiger partial charge in [-0.2, -0.15) is 5.10 Å². The molecule has 0 aliphatic rings. The van der Waals surface area contributed by atoms with Gasteiger partial charge >= 0.3 is 0 Å². The molecular formula is C22H21ClN2O2. The first-order valence-corrected chi connectivity index (χ1v) is 9.11. The highest BCUT2D eigenvalue weighted by atomic mass is 35.5. The second-order valence-electron chi connectivity index (χ2n) is 5.76. The normalized spacial score (nSPS) is 10.7. The van der Waals surface area contributed by atoms with Gasteiger partial charge in [-0.3, -0.25) is 5.43 Å². The van der Waals surface area contributed by atoms with Crippen molar-refractivity contribution in [3.63, 3.8) is 0 Å². The van der Waals surface area contributed by atoms with Crippen LogP contribution in [0, 0.1) is 0 Å². The van der Waals surface area contributed by atoms with Gasteiger partial charge in [-0.25, -0.2) is 0 Å². The number of para-hydroxylation sites is 1. The van der Waals surface area contributed by atoms with Crippen molar-refractivity contribution in [2.75, 3.05) is 12.0 Å². The molecule has 0 atom stereocenters. The smallest absolute Gasteiger partial charge is 0.161 e. The minimum atomic E-state index is 0.378. The fourth-order valence-electron chi connectivity index (χ4n) is 2.46. The number of hydrazone groups is 1.